The molecule has 1 saturated heterocycles. The van der Waals surface area contributed by atoms with Crippen LogP contribution in [0.5, 0.6) is 0 Å². The van der Waals surface area contributed by atoms with Gasteiger partial charge in [-0.25, -0.2) is 17.4 Å². The fraction of sp³-hybridized carbons (Fsp3) is 0.273. The molecule has 5 rings (SSSR count). The third-order valence-electron chi connectivity index (χ3n) is 6.20. The van der Waals surface area contributed by atoms with Crippen molar-refractivity contribution >= 4 is 44.5 Å². The molecule has 1 aliphatic heterocycles. The molecule has 0 bridgehead atoms. The lowest BCUT2D eigenvalue weighted by Crippen LogP contribution is -2.41. The summed E-state index contributed by atoms with van der Waals surface area (Å²) >= 11 is 0. The Hall–Kier alpha value is -2.75. The van der Waals surface area contributed by atoms with Gasteiger partial charge in [0.2, 0.25) is 0 Å². The van der Waals surface area contributed by atoms with E-state index in [4.69, 9.17) is 9.31 Å². The molecule has 158 valence electrons. The molecular formula is C22H22BN3O4S. The zero-order valence-electron chi connectivity index (χ0n) is 17.7. The predicted molar refractivity (Wildman–Crippen MR) is 120 cm³/mol. The first-order chi connectivity index (χ1) is 14.6. The first-order valence-electron chi connectivity index (χ1n) is 10.0. The highest BCUT2D eigenvalue weighted by Gasteiger charge is 2.52. The van der Waals surface area contributed by atoms with Gasteiger partial charge in [0.05, 0.1) is 16.7 Å². The molecule has 7 nitrogen and oxygen atoms in total. The second-order valence-electron chi connectivity index (χ2n) is 8.68. The molecule has 0 atom stereocenters. The lowest BCUT2D eigenvalue weighted by atomic mass is 9.79. The molecule has 0 unspecified atom stereocenters. The summed E-state index contributed by atoms with van der Waals surface area (Å²) < 4.78 is 41.1. The average molecular weight is 435 g/mol. The first kappa shape index (κ1) is 20.2. The van der Waals surface area contributed by atoms with Crippen LogP contribution in [0.3, 0.4) is 0 Å². The molecule has 0 aliphatic carbocycles. The van der Waals surface area contributed by atoms with Gasteiger partial charge in [0, 0.05) is 34.8 Å². The van der Waals surface area contributed by atoms with E-state index in [1.165, 1.54) is 3.97 Å². The summed E-state index contributed by atoms with van der Waals surface area (Å²) in [5.41, 5.74) is 0.262. The third-order valence-corrected chi connectivity index (χ3v) is 7.88. The molecule has 0 amide bonds. The topological polar surface area (TPSA) is 83.3 Å². The fourth-order valence-electron chi connectivity index (χ4n) is 3.79. The van der Waals surface area contributed by atoms with Crippen LogP contribution in [-0.2, 0) is 19.3 Å². The minimum Gasteiger partial charge on any atom is -0.399 e. The Morgan fingerprint density at radius 3 is 2.29 bits per heavy atom. The van der Waals surface area contributed by atoms with Crippen molar-refractivity contribution in [3.63, 3.8) is 0 Å². The van der Waals surface area contributed by atoms with E-state index in [0.29, 0.717) is 22.0 Å². The van der Waals surface area contributed by atoms with Gasteiger partial charge in [-0.15, -0.1) is 0 Å². The van der Waals surface area contributed by atoms with Crippen LogP contribution in [0, 0.1) is 0 Å². The lowest BCUT2D eigenvalue weighted by molar-refractivity contribution is 0.00578. The van der Waals surface area contributed by atoms with Crippen LogP contribution < -0.4 is 5.46 Å². The number of rotatable bonds is 3. The quantitative estimate of drug-likeness (QED) is 0.460. The Morgan fingerprint density at radius 2 is 1.55 bits per heavy atom. The van der Waals surface area contributed by atoms with Crippen LogP contribution in [0.1, 0.15) is 27.7 Å². The summed E-state index contributed by atoms with van der Waals surface area (Å²) in [6.07, 6.45) is 4.71. The van der Waals surface area contributed by atoms with Gasteiger partial charge in [-0.3, -0.25) is 4.98 Å². The van der Waals surface area contributed by atoms with Gasteiger partial charge in [-0.05, 0) is 52.0 Å². The van der Waals surface area contributed by atoms with Crippen molar-refractivity contribution in [3.05, 3.63) is 61.1 Å². The van der Waals surface area contributed by atoms with Crippen molar-refractivity contribution in [2.75, 3.05) is 0 Å². The van der Waals surface area contributed by atoms with Crippen molar-refractivity contribution in [2.45, 2.75) is 43.8 Å². The number of pyridine rings is 2. The molecule has 9 heteroatoms. The van der Waals surface area contributed by atoms with Gasteiger partial charge >= 0.3 is 7.12 Å². The number of benzene rings is 1. The highest BCUT2D eigenvalue weighted by atomic mass is 32.2. The third kappa shape index (κ3) is 2.99. The van der Waals surface area contributed by atoms with Gasteiger partial charge in [0.1, 0.15) is 4.90 Å². The van der Waals surface area contributed by atoms with Crippen LogP contribution in [0.2, 0.25) is 0 Å². The van der Waals surface area contributed by atoms with E-state index < -0.39 is 28.3 Å². The van der Waals surface area contributed by atoms with Crippen LogP contribution in [0.4, 0.5) is 0 Å². The second kappa shape index (κ2) is 6.62. The summed E-state index contributed by atoms with van der Waals surface area (Å²) in [7, 11) is -4.69. The molecule has 0 radical (unpaired) electrons. The summed E-state index contributed by atoms with van der Waals surface area (Å²) in [4.78, 5) is 8.80. The van der Waals surface area contributed by atoms with Crippen molar-refractivity contribution in [1.29, 1.82) is 0 Å². The van der Waals surface area contributed by atoms with Crippen LogP contribution >= 0.6 is 0 Å². The van der Waals surface area contributed by atoms with E-state index >= 15 is 0 Å². The largest absolute Gasteiger partial charge is 0.497 e. The molecule has 31 heavy (non-hydrogen) atoms. The Labute approximate surface area is 181 Å². The predicted octanol–water partition coefficient (Wildman–Crippen LogP) is 3.12. The second-order valence-corrected chi connectivity index (χ2v) is 10.5. The van der Waals surface area contributed by atoms with Crippen LogP contribution in [0.25, 0.3) is 21.9 Å². The first-order valence-corrected chi connectivity index (χ1v) is 11.5. The molecule has 0 N–H and O–H groups in total. The van der Waals surface area contributed by atoms with E-state index in [1.54, 1.807) is 42.9 Å². The normalized spacial score (nSPS) is 18.1. The fourth-order valence-corrected chi connectivity index (χ4v) is 5.29. The summed E-state index contributed by atoms with van der Waals surface area (Å²) in [5, 5.41) is 1.41. The Bertz CT molecular complexity index is 1410. The molecule has 1 aromatic carbocycles. The highest BCUT2D eigenvalue weighted by molar-refractivity contribution is 7.90. The summed E-state index contributed by atoms with van der Waals surface area (Å²) in [6, 6.07) is 12.3. The van der Waals surface area contributed by atoms with Crippen molar-refractivity contribution in [2.24, 2.45) is 0 Å². The highest BCUT2D eigenvalue weighted by Crippen LogP contribution is 2.37. The number of fused-ring (bicyclic) bond motifs is 2. The smallest absolute Gasteiger partial charge is 0.399 e. The average Bonchev–Trinajstić information content (AvgIpc) is 3.22. The van der Waals surface area contributed by atoms with E-state index in [9.17, 15) is 8.42 Å². The standard InChI is InChI=1S/C22H22BN3O4S/c1-21(2)22(3,4)30-23(29-21)17-14-26(20-16(17)10-7-13-25-20)31(27,28)18-11-5-8-15-9-6-12-24-19(15)18/h5-14H,1-4H3. The molecule has 4 heterocycles. The van der Waals surface area contributed by atoms with Crippen molar-refractivity contribution < 1.29 is 17.7 Å². The van der Waals surface area contributed by atoms with Crippen LogP contribution in [-0.4, -0.2) is 40.7 Å². The molecule has 0 saturated carbocycles. The van der Waals surface area contributed by atoms with E-state index in [2.05, 4.69) is 9.97 Å². The van der Waals surface area contributed by atoms with E-state index in [1.807, 2.05) is 45.9 Å². The maximum Gasteiger partial charge on any atom is 0.497 e. The van der Waals surface area contributed by atoms with Crippen LogP contribution in [0.15, 0.2) is 66.0 Å². The van der Waals surface area contributed by atoms with Gasteiger partial charge in [-0.2, -0.15) is 0 Å². The molecule has 0 spiro atoms. The molecule has 3 aromatic heterocycles. The minimum absolute atomic E-state index is 0.119. The maximum absolute atomic E-state index is 13.7. The Balaban J connectivity index is 1.72. The van der Waals surface area contributed by atoms with E-state index in [-0.39, 0.29) is 4.90 Å². The summed E-state index contributed by atoms with van der Waals surface area (Å²) in [6.45, 7) is 7.85. The van der Waals surface area contributed by atoms with Gasteiger partial charge in [0.15, 0.2) is 5.65 Å². The lowest BCUT2D eigenvalue weighted by Gasteiger charge is -2.32. The van der Waals surface area contributed by atoms with E-state index in [0.717, 1.165) is 5.39 Å². The SMILES string of the molecule is CC1(C)OB(c2cn(S(=O)(=O)c3cccc4cccnc34)c3ncccc23)OC1(C)C. The number of aromatic nitrogens is 3. The Kier molecular flexibility index (Phi) is 4.31. The Morgan fingerprint density at radius 1 is 0.903 bits per heavy atom. The minimum atomic E-state index is -3.98. The number of hydrogen-bond acceptors (Lipinski definition) is 6. The summed E-state index contributed by atoms with van der Waals surface area (Å²) in [5.74, 6) is 0. The molecule has 1 aliphatic rings. The monoisotopic (exact) mass is 435 g/mol. The van der Waals surface area contributed by atoms with Gasteiger partial charge in [0.25, 0.3) is 10.0 Å². The number of hydrogen-bond donors (Lipinski definition) is 0. The molecular weight excluding hydrogens is 413 g/mol. The van der Waals surface area contributed by atoms with Gasteiger partial charge in [-0.1, -0.05) is 18.2 Å². The molecule has 4 aromatic rings. The van der Waals surface area contributed by atoms with Crippen molar-refractivity contribution in [3.8, 4) is 0 Å². The molecule has 1 fully saturated rings. The zero-order valence-corrected chi connectivity index (χ0v) is 18.6. The number of nitrogens with zero attached hydrogens (tertiary/aromatic N) is 3. The number of para-hydroxylation sites is 1. The van der Waals surface area contributed by atoms with Gasteiger partial charge < -0.3 is 9.31 Å². The van der Waals surface area contributed by atoms with Crippen molar-refractivity contribution in [1.82, 2.24) is 13.9 Å². The zero-order chi connectivity index (χ0) is 22.0. The maximum atomic E-state index is 13.7.